The summed E-state index contributed by atoms with van der Waals surface area (Å²) in [5, 5.41) is 3.98. The van der Waals surface area contributed by atoms with E-state index < -0.39 is 0 Å². The van der Waals surface area contributed by atoms with Gasteiger partial charge in [0.1, 0.15) is 0 Å². The summed E-state index contributed by atoms with van der Waals surface area (Å²) < 4.78 is 5.49. The van der Waals surface area contributed by atoms with E-state index >= 15 is 0 Å². The molecule has 0 aliphatic heterocycles. The molecule has 13 heavy (non-hydrogen) atoms. The van der Waals surface area contributed by atoms with Crippen LogP contribution in [0.2, 0.25) is 0 Å². The smallest absolute Gasteiger partial charge is 0.0627 e. The summed E-state index contributed by atoms with van der Waals surface area (Å²) in [6, 6.07) is 0.499. The molecule has 0 amide bonds. The fraction of sp³-hybridized carbons (Fsp3) is 1.00. The third-order valence-corrected chi connectivity index (χ3v) is 2.97. The summed E-state index contributed by atoms with van der Waals surface area (Å²) >= 11 is 1.98. The summed E-state index contributed by atoms with van der Waals surface area (Å²) in [4.78, 5) is 0. The zero-order valence-corrected chi connectivity index (χ0v) is 10.1. The third-order valence-electron chi connectivity index (χ3n) is 1.71. The maximum Gasteiger partial charge on any atom is 0.0627 e. The van der Waals surface area contributed by atoms with Gasteiger partial charge in [-0.05, 0) is 18.7 Å². The second-order valence-electron chi connectivity index (χ2n) is 3.44. The van der Waals surface area contributed by atoms with Gasteiger partial charge in [0.2, 0.25) is 0 Å². The van der Waals surface area contributed by atoms with Gasteiger partial charge in [-0.3, -0.25) is 0 Å². The van der Waals surface area contributed by atoms with Crippen LogP contribution in [0.5, 0.6) is 0 Å². The summed E-state index contributed by atoms with van der Waals surface area (Å²) in [7, 11) is 2.00. The molecule has 1 N–H and O–H groups in total. The van der Waals surface area contributed by atoms with E-state index in [1.54, 1.807) is 0 Å². The molecule has 0 fully saturated rings. The molecular weight excluding hydrogens is 182 g/mol. The topological polar surface area (TPSA) is 21.3 Å². The van der Waals surface area contributed by atoms with E-state index in [9.17, 15) is 0 Å². The molecule has 0 radical (unpaired) electrons. The molecule has 2 nitrogen and oxygen atoms in total. The average molecular weight is 205 g/mol. The van der Waals surface area contributed by atoms with Gasteiger partial charge < -0.3 is 10.1 Å². The van der Waals surface area contributed by atoms with Crippen molar-refractivity contribution in [3.8, 4) is 0 Å². The molecular formula is C10H23NOS. The summed E-state index contributed by atoms with van der Waals surface area (Å²) in [5.41, 5.74) is 0. The van der Waals surface area contributed by atoms with Crippen molar-refractivity contribution >= 4 is 11.8 Å². The van der Waals surface area contributed by atoms with Crippen LogP contribution in [0.15, 0.2) is 0 Å². The van der Waals surface area contributed by atoms with Gasteiger partial charge in [0.15, 0.2) is 0 Å². The van der Waals surface area contributed by atoms with Crippen LogP contribution in [0, 0.1) is 0 Å². The molecule has 0 aromatic rings. The largest absolute Gasteiger partial charge is 0.380 e. The van der Waals surface area contributed by atoms with Crippen LogP contribution in [-0.2, 0) is 4.74 Å². The lowest BCUT2D eigenvalue weighted by atomic mass is 10.4. The number of nitrogens with one attached hydrogen (secondary N) is 1. The zero-order valence-electron chi connectivity index (χ0n) is 9.30. The van der Waals surface area contributed by atoms with Crippen LogP contribution >= 0.6 is 11.8 Å². The first-order valence-corrected chi connectivity index (χ1v) is 6.12. The van der Waals surface area contributed by atoms with Crippen LogP contribution < -0.4 is 5.32 Å². The van der Waals surface area contributed by atoms with Crippen LogP contribution in [0.4, 0.5) is 0 Å². The van der Waals surface area contributed by atoms with Gasteiger partial charge in [0.05, 0.1) is 6.61 Å². The van der Waals surface area contributed by atoms with Gasteiger partial charge in [0.25, 0.3) is 0 Å². The number of hydrogen-bond donors (Lipinski definition) is 1. The van der Waals surface area contributed by atoms with Gasteiger partial charge in [-0.2, -0.15) is 11.8 Å². The summed E-state index contributed by atoms with van der Waals surface area (Å²) in [5.74, 6) is 1.14. The molecule has 0 spiro atoms. The quantitative estimate of drug-likeness (QED) is 0.614. The monoisotopic (exact) mass is 205 g/mol. The highest BCUT2D eigenvalue weighted by Gasteiger charge is 2.06. The van der Waals surface area contributed by atoms with Gasteiger partial charge in [-0.25, -0.2) is 0 Å². The average Bonchev–Trinajstić information content (AvgIpc) is 2.10. The molecule has 0 saturated heterocycles. The van der Waals surface area contributed by atoms with Gasteiger partial charge in [-0.15, -0.1) is 0 Å². The number of rotatable bonds is 8. The van der Waals surface area contributed by atoms with Crippen molar-refractivity contribution in [2.24, 2.45) is 0 Å². The highest BCUT2D eigenvalue weighted by Crippen LogP contribution is 2.10. The van der Waals surface area contributed by atoms with Gasteiger partial charge in [0, 0.05) is 18.4 Å². The number of thioether (sulfide) groups is 1. The van der Waals surface area contributed by atoms with E-state index in [1.165, 1.54) is 0 Å². The minimum absolute atomic E-state index is 0.499. The van der Waals surface area contributed by atoms with E-state index in [-0.39, 0.29) is 0 Å². The molecule has 1 unspecified atom stereocenters. The Morgan fingerprint density at radius 2 is 2.08 bits per heavy atom. The fourth-order valence-corrected chi connectivity index (χ4v) is 1.77. The molecule has 0 bridgehead atoms. The molecule has 0 aromatic carbocycles. The molecule has 0 heterocycles. The van der Waals surface area contributed by atoms with Gasteiger partial charge >= 0.3 is 0 Å². The second-order valence-corrected chi connectivity index (χ2v) is 5.05. The van der Waals surface area contributed by atoms with Crippen LogP contribution in [0.1, 0.15) is 27.2 Å². The minimum Gasteiger partial charge on any atom is -0.380 e. The molecule has 3 heteroatoms. The van der Waals surface area contributed by atoms with E-state index in [0.29, 0.717) is 11.3 Å². The van der Waals surface area contributed by atoms with E-state index in [4.69, 9.17) is 4.74 Å². The SMILES string of the molecule is CCCOCC(CSC(C)C)NC. The lowest BCUT2D eigenvalue weighted by Crippen LogP contribution is -2.33. The molecule has 0 saturated carbocycles. The lowest BCUT2D eigenvalue weighted by molar-refractivity contribution is 0.119. The van der Waals surface area contributed by atoms with Crippen LogP contribution in [0.3, 0.4) is 0 Å². The Balaban J connectivity index is 3.39. The van der Waals surface area contributed by atoms with Crippen molar-refractivity contribution in [2.45, 2.75) is 38.5 Å². The Morgan fingerprint density at radius 1 is 1.38 bits per heavy atom. The van der Waals surface area contributed by atoms with Crippen molar-refractivity contribution in [3.05, 3.63) is 0 Å². The Labute approximate surface area is 86.8 Å². The van der Waals surface area contributed by atoms with Crippen molar-refractivity contribution in [1.82, 2.24) is 5.32 Å². The normalized spacial score (nSPS) is 13.6. The Morgan fingerprint density at radius 3 is 2.54 bits per heavy atom. The van der Waals surface area contributed by atoms with Crippen molar-refractivity contribution in [3.63, 3.8) is 0 Å². The zero-order chi connectivity index (χ0) is 10.1. The first-order valence-electron chi connectivity index (χ1n) is 5.07. The molecule has 0 aliphatic rings. The van der Waals surface area contributed by atoms with E-state index in [1.807, 2.05) is 18.8 Å². The number of likely N-dealkylation sites (N-methyl/N-ethyl adjacent to an activating group) is 1. The predicted octanol–water partition coefficient (Wildman–Crippen LogP) is 2.14. The van der Waals surface area contributed by atoms with Crippen molar-refractivity contribution in [1.29, 1.82) is 0 Å². The highest BCUT2D eigenvalue weighted by atomic mass is 32.2. The van der Waals surface area contributed by atoms with Gasteiger partial charge in [-0.1, -0.05) is 20.8 Å². The minimum atomic E-state index is 0.499. The maximum atomic E-state index is 5.49. The van der Waals surface area contributed by atoms with Crippen molar-refractivity contribution < 1.29 is 4.74 Å². The standard InChI is InChI=1S/C10H23NOS/c1-5-6-12-7-10(11-4)8-13-9(2)3/h9-11H,5-8H2,1-4H3. The van der Waals surface area contributed by atoms with E-state index in [2.05, 4.69) is 26.1 Å². The molecule has 80 valence electrons. The highest BCUT2D eigenvalue weighted by molar-refractivity contribution is 7.99. The summed E-state index contributed by atoms with van der Waals surface area (Å²) in [6.07, 6.45) is 1.10. The predicted molar refractivity (Wildman–Crippen MR) is 61.6 cm³/mol. The number of ether oxygens (including phenoxy) is 1. The van der Waals surface area contributed by atoms with E-state index in [0.717, 1.165) is 25.4 Å². The molecule has 1 atom stereocenters. The molecule has 0 aromatic heterocycles. The fourth-order valence-electron chi connectivity index (χ4n) is 0.893. The number of hydrogen-bond acceptors (Lipinski definition) is 3. The van der Waals surface area contributed by atoms with Crippen LogP contribution in [0.25, 0.3) is 0 Å². The first-order chi connectivity index (χ1) is 6.20. The molecule has 0 aliphatic carbocycles. The lowest BCUT2D eigenvalue weighted by Gasteiger charge is -2.16. The third kappa shape index (κ3) is 8.60. The first kappa shape index (κ1) is 13.3. The van der Waals surface area contributed by atoms with Crippen LogP contribution in [-0.4, -0.2) is 37.3 Å². The summed E-state index contributed by atoms with van der Waals surface area (Å²) in [6.45, 7) is 8.31. The van der Waals surface area contributed by atoms with Crippen molar-refractivity contribution in [2.75, 3.05) is 26.0 Å². The Kier molecular flexibility index (Phi) is 9.03. The second kappa shape index (κ2) is 8.85. The maximum absolute atomic E-state index is 5.49. The molecule has 0 rings (SSSR count). The Bertz CT molecular complexity index is 109. The Hall–Kier alpha value is 0.270.